The number of rotatable bonds is 3. The summed E-state index contributed by atoms with van der Waals surface area (Å²) in [5.74, 6) is 0. The Morgan fingerprint density at radius 3 is 2.50 bits per heavy atom. The van der Waals surface area contributed by atoms with E-state index in [4.69, 9.17) is 11.6 Å². The summed E-state index contributed by atoms with van der Waals surface area (Å²) in [5.41, 5.74) is -0.0822. The number of hydrogen-bond acceptors (Lipinski definition) is 4. The average molecular weight is 286 g/mol. The van der Waals surface area contributed by atoms with Crippen molar-refractivity contribution >= 4 is 27.5 Å². The molecule has 18 heavy (non-hydrogen) atoms. The molecule has 2 rings (SSSR count). The fraction of sp³-hybridized carbons (Fsp3) is 0.417. The van der Waals surface area contributed by atoms with E-state index < -0.39 is 15.4 Å². The van der Waals surface area contributed by atoms with Crippen LogP contribution in [0.4, 0.5) is 0 Å². The molecule has 1 aromatic carbocycles. The van der Waals surface area contributed by atoms with Gasteiger partial charge in [0.2, 0.25) is 6.08 Å². The normalized spacial score (nSPS) is 17.7. The molecule has 1 aliphatic carbocycles. The summed E-state index contributed by atoms with van der Waals surface area (Å²) in [5, 5.41) is 0.432. The van der Waals surface area contributed by atoms with Crippen LogP contribution in [0.5, 0.6) is 0 Å². The number of benzene rings is 1. The third kappa shape index (κ3) is 2.21. The number of carbonyl (C=O) groups excluding carboxylic acids is 1. The van der Waals surface area contributed by atoms with Gasteiger partial charge < -0.3 is 0 Å². The Kier molecular flexibility index (Phi) is 3.32. The van der Waals surface area contributed by atoms with Gasteiger partial charge in [0.25, 0.3) is 0 Å². The van der Waals surface area contributed by atoms with Gasteiger partial charge in [-0.25, -0.2) is 13.2 Å². The first-order chi connectivity index (χ1) is 8.39. The zero-order chi connectivity index (χ0) is 13.4. The van der Waals surface area contributed by atoms with Crippen molar-refractivity contribution in [3.63, 3.8) is 0 Å². The summed E-state index contributed by atoms with van der Waals surface area (Å²) in [4.78, 5) is 14.5. The Hall–Kier alpha value is -1.16. The van der Waals surface area contributed by atoms with E-state index in [9.17, 15) is 13.2 Å². The van der Waals surface area contributed by atoms with E-state index in [0.717, 1.165) is 12.7 Å². The minimum atomic E-state index is -3.30. The first-order valence-corrected chi connectivity index (χ1v) is 7.75. The van der Waals surface area contributed by atoms with Gasteiger partial charge in [-0.05, 0) is 37.5 Å². The van der Waals surface area contributed by atoms with Crippen molar-refractivity contribution in [2.24, 2.45) is 4.99 Å². The molecule has 0 heterocycles. The zero-order valence-corrected chi connectivity index (χ0v) is 11.4. The van der Waals surface area contributed by atoms with Gasteiger partial charge in [-0.2, -0.15) is 4.99 Å². The minimum Gasteiger partial charge on any atom is -0.224 e. The van der Waals surface area contributed by atoms with Gasteiger partial charge in [0.15, 0.2) is 9.84 Å². The number of halogens is 1. The predicted molar refractivity (Wildman–Crippen MR) is 68.2 cm³/mol. The predicted octanol–water partition coefficient (Wildman–Crippen LogP) is 2.46. The lowest BCUT2D eigenvalue weighted by atomic mass is 9.72. The van der Waals surface area contributed by atoms with Crippen molar-refractivity contribution < 1.29 is 13.2 Å². The average Bonchev–Trinajstić information content (AvgIpc) is 2.23. The van der Waals surface area contributed by atoms with E-state index in [-0.39, 0.29) is 4.90 Å². The molecule has 1 fully saturated rings. The lowest BCUT2D eigenvalue weighted by Crippen LogP contribution is -2.32. The maximum Gasteiger partial charge on any atom is 0.235 e. The van der Waals surface area contributed by atoms with Crippen LogP contribution in [0, 0.1) is 0 Å². The van der Waals surface area contributed by atoms with E-state index in [1.807, 2.05) is 0 Å². The molecule has 4 nitrogen and oxygen atoms in total. The summed E-state index contributed by atoms with van der Waals surface area (Å²) in [6, 6.07) is 4.50. The molecule has 6 heteroatoms. The van der Waals surface area contributed by atoms with Crippen LogP contribution < -0.4 is 0 Å². The molecule has 0 amide bonds. The molecule has 1 saturated carbocycles. The molecule has 1 aromatic rings. The molecule has 0 unspecified atom stereocenters. The summed E-state index contributed by atoms with van der Waals surface area (Å²) in [6.07, 6.45) is 5.01. The molecule has 0 spiro atoms. The second kappa shape index (κ2) is 4.50. The lowest BCUT2D eigenvalue weighted by molar-refractivity contribution is 0.255. The van der Waals surface area contributed by atoms with Crippen LogP contribution >= 0.6 is 11.6 Å². The standard InChI is InChI=1S/C12H12ClNO3S/c1-18(16,17)9-3-4-11(13)10(7-9)12(14-8-15)5-2-6-12/h3-4,7H,2,5-6H2,1H3. The number of nitrogens with zero attached hydrogens (tertiary/aromatic N) is 1. The van der Waals surface area contributed by atoms with E-state index in [1.165, 1.54) is 18.2 Å². The first-order valence-electron chi connectivity index (χ1n) is 5.48. The van der Waals surface area contributed by atoms with Crippen molar-refractivity contribution in [2.45, 2.75) is 29.7 Å². The third-order valence-electron chi connectivity index (χ3n) is 3.31. The lowest BCUT2D eigenvalue weighted by Gasteiger charge is -2.37. The monoisotopic (exact) mass is 285 g/mol. The Bertz CT molecular complexity index is 629. The third-order valence-corrected chi connectivity index (χ3v) is 4.75. The largest absolute Gasteiger partial charge is 0.235 e. The van der Waals surface area contributed by atoms with Gasteiger partial charge >= 0.3 is 0 Å². The summed E-state index contributed by atoms with van der Waals surface area (Å²) < 4.78 is 23.1. The van der Waals surface area contributed by atoms with Crippen molar-refractivity contribution in [3.05, 3.63) is 28.8 Å². The highest BCUT2D eigenvalue weighted by atomic mass is 35.5. The van der Waals surface area contributed by atoms with Crippen LogP contribution in [0.2, 0.25) is 5.02 Å². The van der Waals surface area contributed by atoms with Crippen molar-refractivity contribution in [2.75, 3.05) is 6.26 Å². The molecule has 1 aliphatic rings. The van der Waals surface area contributed by atoms with Crippen molar-refractivity contribution in [1.29, 1.82) is 0 Å². The highest BCUT2D eigenvalue weighted by molar-refractivity contribution is 7.90. The number of sulfone groups is 1. The summed E-state index contributed by atoms with van der Waals surface area (Å²) in [7, 11) is -3.30. The Labute approximate surface area is 111 Å². The number of aliphatic imine (C=N–C) groups is 1. The van der Waals surface area contributed by atoms with Gasteiger partial charge in [0.1, 0.15) is 0 Å². The van der Waals surface area contributed by atoms with Gasteiger partial charge in [0.05, 0.1) is 10.4 Å². The van der Waals surface area contributed by atoms with Crippen LogP contribution in [-0.4, -0.2) is 20.8 Å². The molecule has 0 aliphatic heterocycles. The Morgan fingerprint density at radius 2 is 2.06 bits per heavy atom. The van der Waals surface area contributed by atoms with E-state index >= 15 is 0 Å². The van der Waals surface area contributed by atoms with E-state index in [2.05, 4.69) is 4.99 Å². The maximum absolute atomic E-state index is 11.5. The van der Waals surface area contributed by atoms with Crippen molar-refractivity contribution in [3.8, 4) is 0 Å². The SMILES string of the molecule is CS(=O)(=O)c1ccc(Cl)c(C2(N=C=O)CCC2)c1. The Balaban J connectivity index is 2.60. The molecule has 0 aromatic heterocycles. The summed E-state index contributed by atoms with van der Waals surface area (Å²) in [6.45, 7) is 0. The van der Waals surface area contributed by atoms with E-state index in [0.29, 0.717) is 23.4 Å². The Morgan fingerprint density at radius 1 is 1.39 bits per heavy atom. The van der Waals surface area contributed by atoms with Crippen LogP contribution in [0.1, 0.15) is 24.8 Å². The van der Waals surface area contributed by atoms with E-state index in [1.54, 1.807) is 6.08 Å². The number of isocyanates is 1. The topological polar surface area (TPSA) is 63.6 Å². The molecule has 0 N–H and O–H groups in total. The van der Waals surface area contributed by atoms with Crippen molar-refractivity contribution in [1.82, 2.24) is 0 Å². The molecule has 96 valence electrons. The summed E-state index contributed by atoms with van der Waals surface area (Å²) >= 11 is 6.09. The quantitative estimate of drug-likeness (QED) is 0.633. The molecular formula is C12H12ClNO3S. The molecule has 0 atom stereocenters. The zero-order valence-electron chi connectivity index (χ0n) is 9.81. The second-order valence-corrected chi connectivity index (χ2v) is 6.92. The second-order valence-electron chi connectivity index (χ2n) is 4.50. The van der Waals surface area contributed by atoms with Crippen LogP contribution in [-0.2, 0) is 20.2 Å². The van der Waals surface area contributed by atoms with Gasteiger partial charge in [0, 0.05) is 16.8 Å². The fourth-order valence-electron chi connectivity index (χ4n) is 2.13. The highest BCUT2D eigenvalue weighted by Crippen LogP contribution is 2.47. The van der Waals surface area contributed by atoms with Crippen LogP contribution in [0.15, 0.2) is 28.1 Å². The first kappa shape index (κ1) is 13.3. The molecule has 0 bridgehead atoms. The molecule has 0 saturated heterocycles. The van der Waals surface area contributed by atoms with Crippen LogP contribution in [0.25, 0.3) is 0 Å². The van der Waals surface area contributed by atoms with Gasteiger partial charge in [-0.15, -0.1) is 0 Å². The highest BCUT2D eigenvalue weighted by Gasteiger charge is 2.40. The van der Waals surface area contributed by atoms with Gasteiger partial charge in [-0.1, -0.05) is 11.6 Å². The molecular weight excluding hydrogens is 274 g/mol. The smallest absolute Gasteiger partial charge is 0.224 e. The van der Waals surface area contributed by atoms with Gasteiger partial charge in [-0.3, -0.25) is 0 Å². The van der Waals surface area contributed by atoms with Crippen LogP contribution in [0.3, 0.4) is 0 Å². The fourth-order valence-corrected chi connectivity index (χ4v) is 3.07. The minimum absolute atomic E-state index is 0.189. The maximum atomic E-state index is 11.5. The molecule has 0 radical (unpaired) electrons. The number of hydrogen-bond donors (Lipinski definition) is 0.